The number of aromatic hydroxyl groups is 1. The van der Waals surface area contributed by atoms with Crippen LogP contribution in [0.25, 0.3) is 21.3 Å². The average molecular weight is 393 g/mol. The average Bonchev–Trinajstić information content (AvgIpc) is 3.17. The van der Waals surface area contributed by atoms with Gasteiger partial charge in [-0.1, -0.05) is 18.2 Å². The Balaban J connectivity index is 1.65. The van der Waals surface area contributed by atoms with Gasteiger partial charge in [-0.2, -0.15) is 0 Å². The van der Waals surface area contributed by atoms with E-state index in [0.717, 1.165) is 38.5 Å². The van der Waals surface area contributed by atoms with E-state index in [1.165, 1.54) is 7.11 Å². The molecule has 2 heterocycles. The zero-order valence-electron chi connectivity index (χ0n) is 15.5. The number of benzene rings is 2. The third kappa shape index (κ3) is 3.44. The summed E-state index contributed by atoms with van der Waals surface area (Å²) in [5.41, 5.74) is 3.07. The van der Waals surface area contributed by atoms with Crippen molar-refractivity contribution in [2.45, 2.75) is 6.54 Å². The van der Waals surface area contributed by atoms with Gasteiger partial charge in [-0.25, -0.2) is 9.97 Å². The molecule has 7 heteroatoms. The van der Waals surface area contributed by atoms with Crippen molar-refractivity contribution >= 4 is 27.4 Å². The molecule has 0 aliphatic rings. The minimum absolute atomic E-state index is 0.115. The number of phenolic OH excluding ortho intramolecular Hbond substituents is 1. The molecule has 0 radical (unpaired) electrons. The molecule has 2 aromatic carbocycles. The largest absolute Gasteiger partial charge is 0.504 e. The number of nitrogens with zero attached hydrogens (tertiary/aromatic N) is 2. The van der Waals surface area contributed by atoms with Crippen molar-refractivity contribution in [1.29, 1.82) is 0 Å². The molecule has 0 saturated carbocycles. The smallest absolute Gasteiger partial charge is 0.160 e. The number of methoxy groups -OCH3 is 2. The normalized spacial score (nSPS) is 10.8. The molecule has 0 aliphatic heterocycles. The predicted octanol–water partition coefficient (Wildman–Crippen LogP) is 4.69. The number of aromatic nitrogens is 2. The lowest BCUT2D eigenvalue weighted by Crippen LogP contribution is -2.02. The molecule has 0 atom stereocenters. The molecule has 0 bridgehead atoms. The highest BCUT2D eigenvalue weighted by molar-refractivity contribution is 7.17. The Morgan fingerprint density at radius 2 is 1.86 bits per heavy atom. The van der Waals surface area contributed by atoms with Crippen molar-refractivity contribution in [1.82, 2.24) is 9.97 Å². The molecule has 0 amide bonds. The van der Waals surface area contributed by atoms with Crippen LogP contribution in [0.15, 0.2) is 54.2 Å². The fourth-order valence-electron chi connectivity index (χ4n) is 3.02. The van der Waals surface area contributed by atoms with Gasteiger partial charge in [0.2, 0.25) is 0 Å². The Kier molecular flexibility index (Phi) is 4.99. The van der Waals surface area contributed by atoms with Gasteiger partial charge in [0.1, 0.15) is 22.7 Å². The predicted molar refractivity (Wildman–Crippen MR) is 111 cm³/mol. The number of phenols is 1. The molecule has 28 heavy (non-hydrogen) atoms. The number of rotatable bonds is 6. The number of ether oxygens (including phenoxy) is 2. The number of fused-ring (bicyclic) bond motifs is 1. The van der Waals surface area contributed by atoms with Gasteiger partial charge in [-0.15, -0.1) is 11.3 Å². The molecule has 0 fully saturated rings. The summed E-state index contributed by atoms with van der Waals surface area (Å²) in [4.78, 5) is 9.76. The van der Waals surface area contributed by atoms with Gasteiger partial charge < -0.3 is 19.9 Å². The monoisotopic (exact) mass is 393 g/mol. The molecule has 0 saturated heterocycles. The van der Waals surface area contributed by atoms with Gasteiger partial charge in [0.15, 0.2) is 11.5 Å². The second kappa shape index (κ2) is 7.74. The highest BCUT2D eigenvalue weighted by Gasteiger charge is 2.13. The van der Waals surface area contributed by atoms with Gasteiger partial charge in [0.05, 0.1) is 19.6 Å². The van der Waals surface area contributed by atoms with Crippen LogP contribution in [0.4, 0.5) is 5.82 Å². The highest BCUT2D eigenvalue weighted by atomic mass is 32.1. The maximum atomic E-state index is 9.98. The topological polar surface area (TPSA) is 76.5 Å². The fourth-order valence-corrected chi connectivity index (χ4v) is 3.94. The van der Waals surface area contributed by atoms with Crippen LogP contribution in [-0.4, -0.2) is 29.3 Å². The van der Waals surface area contributed by atoms with E-state index in [4.69, 9.17) is 9.47 Å². The third-order valence-corrected chi connectivity index (χ3v) is 5.36. The first-order valence-electron chi connectivity index (χ1n) is 8.66. The second-order valence-corrected chi connectivity index (χ2v) is 7.00. The maximum Gasteiger partial charge on any atom is 0.160 e. The minimum atomic E-state index is 0.115. The standard InChI is InChI=1S/C21H19N3O3S/c1-26-15-6-4-14(5-7-15)16-11-28-21-19(16)20(23-12-24-21)22-10-13-3-8-18(27-2)17(25)9-13/h3-9,11-12,25H,10H2,1-2H3,(H,22,23,24). The number of hydrogen-bond donors (Lipinski definition) is 2. The van der Waals surface area contributed by atoms with Gasteiger partial charge in [-0.3, -0.25) is 0 Å². The molecule has 2 N–H and O–H groups in total. The molecule has 2 aromatic heterocycles. The Morgan fingerprint density at radius 3 is 2.57 bits per heavy atom. The van der Waals surface area contributed by atoms with Gasteiger partial charge >= 0.3 is 0 Å². The van der Waals surface area contributed by atoms with Crippen LogP contribution in [0, 0.1) is 0 Å². The molecular formula is C21H19N3O3S. The first-order valence-corrected chi connectivity index (χ1v) is 9.54. The summed E-state index contributed by atoms with van der Waals surface area (Å²) in [6, 6.07) is 13.3. The van der Waals surface area contributed by atoms with E-state index in [1.54, 1.807) is 36.9 Å². The number of thiophene rings is 1. The summed E-state index contributed by atoms with van der Waals surface area (Å²) in [5.74, 6) is 2.14. The van der Waals surface area contributed by atoms with Crippen molar-refractivity contribution in [3.8, 4) is 28.4 Å². The van der Waals surface area contributed by atoms with Crippen molar-refractivity contribution in [2.75, 3.05) is 19.5 Å². The van der Waals surface area contributed by atoms with Crippen LogP contribution >= 0.6 is 11.3 Å². The molecule has 0 spiro atoms. The van der Waals surface area contributed by atoms with Crippen molar-refractivity contribution in [3.63, 3.8) is 0 Å². The van der Waals surface area contributed by atoms with Crippen LogP contribution in [0.3, 0.4) is 0 Å². The van der Waals surface area contributed by atoms with Gasteiger partial charge in [0.25, 0.3) is 0 Å². The summed E-state index contributed by atoms with van der Waals surface area (Å²) < 4.78 is 10.3. The van der Waals surface area contributed by atoms with Crippen LogP contribution in [0.2, 0.25) is 0 Å². The summed E-state index contributed by atoms with van der Waals surface area (Å²) in [6.45, 7) is 0.515. The van der Waals surface area contributed by atoms with Gasteiger partial charge in [-0.05, 0) is 35.4 Å². The SMILES string of the molecule is COc1ccc(-c2csc3ncnc(NCc4ccc(OC)c(O)c4)c23)cc1. The molecular weight excluding hydrogens is 374 g/mol. The van der Waals surface area contributed by atoms with Crippen molar-refractivity contribution < 1.29 is 14.6 Å². The fraction of sp³-hybridized carbons (Fsp3) is 0.143. The summed E-state index contributed by atoms with van der Waals surface area (Å²) >= 11 is 1.58. The quantitative estimate of drug-likeness (QED) is 0.495. The van der Waals surface area contributed by atoms with E-state index in [1.807, 2.05) is 30.3 Å². The Labute approximate surface area is 166 Å². The van der Waals surface area contributed by atoms with Crippen LogP contribution in [0.5, 0.6) is 17.2 Å². The number of hydrogen-bond acceptors (Lipinski definition) is 7. The Hall–Kier alpha value is -3.32. The minimum Gasteiger partial charge on any atom is -0.504 e. The van der Waals surface area contributed by atoms with Crippen molar-refractivity contribution in [2.24, 2.45) is 0 Å². The Bertz CT molecular complexity index is 1110. The van der Waals surface area contributed by atoms with Crippen molar-refractivity contribution in [3.05, 3.63) is 59.7 Å². The first-order chi connectivity index (χ1) is 13.7. The van der Waals surface area contributed by atoms with Crippen LogP contribution in [-0.2, 0) is 6.54 Å². The molecule has 0 aliphatic carbocycles. The second-order valence-electron chi connectivity index (χ2n) is 6.14. The maximum absolute atomic E-state index is 9.98. The number of nitrogens with one attached hydrogen (secondary N) is 1. The third-order valence-electron chi connectivity index (χ3n) is 4.47. The Morgan fingerprint density at radius 1 is 1.04 bits per heavy atom. The zero-order chi connectivity index (χ0) is 19.5. The summed E-state index contributed by atoms with van der Waals surface area (Å²) in [5, 5.41) is 16.4. The molecule has 0 unspecified atom stereocenters. The molecule has 4 aromatic rings. The molecule has 6 nitrogen and oxygen atoms in total. The zero-order valence-corrected chi connectivity index (χ0v) is 16.3. The van der Waals surface area contributed by atoms with E-state index in [-0.39, 0.29) is 5.75 Å². The molecule has 142 valence electrons. The van der Waals surface area contributed by atoms with E-state index in [2.05, 4.69) is 20.7 Å². The lowest BCUT2D eigenvalue weighted by Gasteiger charge is -2.10. The van der Waals surface area contributed by atoms with E-state index in [9.17, 15) is 5.11 Å². The number of anilines is 1. The first kappa shape index (κ1) is 18.1. The summed E-state index contributed by atoms with van der Waals surface area (Å²) in [6.07, 6.45) is 1.56. The van der Waals surface area contributed by atoms with Gasteiger partial charge in [0, 0.05) is 17.5 Å². The van der Waals surface area contributed by atoms with E-state index in [0.29, 0.717) is 12.3 Å². The highest BCUT2D eigenvalue weighted by Crippen LogP contribution is 2.37. The lowest BCUT2D eigenvalue weighted by molar-refractivity contribution is 0.373. The van der Waals surface area contributed by atoms with Crippen LogP contribution in [0.1, 0.15) is 5.56 Å². The van der Waals surface area contributed by atoms with E-state index >= 15 is 0 Å². The van der Waals surface area contributed by atoms with E-state index < -0.39 is 0 Å². The lowest BCUT2D eigenvalue weighted by atomic mass is 10.1. The molecule has 4 rings (SSSR count). The summed E-state index contributed by atoms with van der Waals surface area (Å²) in [7, 11) is 3.18. The van der Waals surface area contributed by atoms with Crippen LogP contribution < -0.4 is 14.8 Å².